The molecule has 0 radical (unpaired) electrons. The number of phenols is 1. The summed E-state index contributed by atoms with van der Waals surface area (Å²) < 4.78 is 0. The highest BCUT2D eigenvalue weighted by atomic mass is 16.3. The van der Waals surface area contributed by atoms with E-state index in [1.165, 1.54) is 0 Å². The Kier molecular flexibility index (Phi) is 6.13. The van der Waals surface area contributed by atoms with Crippen molar-refractivity contribution in [2.24, 2.45) is 0 Å². The molecule has 2 N–H and O–H groups in total. The van der Waals surface area contributed by atoms with Gasteiger partial charge in [-0.25, -0.2) is 0 Å². The fourth-order valence-electron chi connectivity index (χ4n) is 3.86. The lowest BCUT2D eigenvalue weighted by Gasteiger charge is -2.28. The first-order chi connectivity index (χ1) is 14.4. The second kappa shape index (κ2) is 8.33. The maximum absolute atomic E-state index is 12.8. The number of carbonyl (C=O) groups excluding carboxylic acids is 1. The average molecular weight is 419 g/mol. The normalized spacial score (nSPS) is 12.2. The molecule has 0 atom stereocenters. The Labute approximate surface area is 185 Å². The zero-order chi connectivity index (χ0) is 23.0. The summed E-state index contributed by atoms with van der Waals surface area (Å²) in [7, 11) is 0. The number of carbonyl (C=O) groups is 1. The third-order valence-electron chi connectivity index (χ3n) is 5.54. The van der Waals surface area contributed by atoms with E-state index in [0.29, 0.717) is 18.6 Å². The Balaban J connectivity index is 1.84. The molecule has 0 aliphatic carbocycles. The van der Waals surface area contributed by atoms with Crippen molar-refractivity contribution in [3.8, 4) is 5.75 Å². The van der Waals surface area contributed by atoms with Crippen molar-refractivity contribution < 1.29 is 9.90 Å². The van der Waals surface area contributed by atoms with Crippen LogP contribution in [0.25, 0.3) is 10.9 Å². The second-order valence-electron chi connectivity index (χ2n) is 10.4. The first kappa shape index (κ1) is 22.8. The molecule has 31 heavy (non-hydrogen) atoms. The number of aromatic hydroxyl groups is 1. The number of phenolic OH excluding ortho intramolecular Hbond substituents is 1. The molecule has 2 aromatic carbocycles. The number of pyridine rings is 1. The van der Waals surface area contributed by atoms with Gasteiger partial charge in [0, 0.05) is 17.5 Å². The highest BCUT2D eigenvalue weighted by Gasteiger charge is 2.26. The summed E-state index contributed by atoms with van der Waals surface area (Å²) in [5.74, 6) is 0.338. The molecule has 0 bridgehead atoms. The smallest absolute Gasteiger partial charge is 0.224 e. The number of aryl methyl sites for hydroxylation is 2. The van der Waals surface area contributed by atoms with Crippen molar-refractivity contribution in [2.75, 3.05) is 5.32 Å². The summed E-state index contributed by atoms with van der Waals surface area (Å²) in [6.45, 7) is 14.5. The number of nitrogens with zero attached hydrogens (tertiary/aromatic N) is 1. The number of hydrogen-bond donors (Lipinski definition) is 2. The van der Waals surface area contributed by atoms with E-state index in [2.05, 4.69) is 51.8 Å². The summed E-state index contributed by atoms with van der Waals surface area (Å²) in [6, 6.07) is 13.8. The molecular formula is C27H34N2O2. The number of anilines is 1. The molecule has 1 aromatic heterocycles. The lowest BCUT2D eigenvalue weighted by atomic mass is 9.78. The number of rotatable bonds is 4. The molecule has 4 heteroatoms. The Morgan fingerprint density at radius 1 is 0.968 bits per heavy atom. The van der Waals surface area contributed by atoms with Gasteiger partial charge in [-0.2, -0.15) is 0 Å². The molecule has 3 rings (SSSR count). The average Bonchev–Trinajstić information content (AvgIpc) is 2.65. The van der Waals surface area contributed by atoms with Gasteiger partial charge in [-0.15, -0.1) is 0 Å². The highest BCUT2D eigenvalue weighted by molar-refractivity contribution is 6.01. The summed E-state index contributed by atoms with van der Waals surface area (Å²) in [5.41, 5.74) is 5.09. The second-order valence-corrected chi connectivity index (χ2v) is 10.4. The summed E-state index contributed by atoms with van der Waals surface area (Å²) in [5, 5.41) is 14.9. The summed E-state index contributed by atoms with van der Waals surface area (Å²) in [4.78, 5) is 17.3. The molecular weight excluding hydrogens is 384 g/mol. The molecule has 1 heterocycles. The number of nitrogens with one attached hydrogen (secondary N) is 1. The molecule has 0 unspecified atom stereocenters. The monoisotopic (exact) mass is 418 g/mol. The molecule has 164 valence electrons. The van der Waals surface area contributed by atoms with Gasteiger partial charge in [-0.3, -0.25) is 9.78 Å². The number of hydrogen-bond acceptors (Lipinski definition) is 3. The standard InChI is InChI=1S/C27H34N2O2/c1-17-14-23(19-10-8-9-11-22(19)28-17)29-24(30)13-12-18-15-20(26(2,3)4)25(31)21(16-18)27(5,6)7/h8-11,14-16,31H,12-13H2,1-7H3,(H,28,29,30). The van der Waals surface area contributed by atoms with E-state index in [9.17, 15) is 9.90 Å². The minimum absolute atomic E-state index is 0.0292. The fourth-order valence-corrected chi connectivity index (χ4v) is 3.86. The molecule has 0 spiro atoms. The van der Waals surface area contributed by atoms with Crippen LogP contribution in [0.15, 0.2) is 42.5 Å². The van der Waals surface area contributed by atoms with Crippen LogP contribution in [-0.2, 0) is 22.0 Å². The van der Waals surface area contributed by atoms with Crippen molar-refractivity contribution in [1.29, 1.82) is 0 Å². The van der Waals surface area contributed by atoms with Gasteiger partial charge in [0.05, 0.1) is 11.2 Å². The molecule has 4 nitrogen and oxygen atoms in total. The van der Waals surface area contributed by atoms with E-state index < -0.39 is 0 Å². The Hall–Kier alpha value is -2.88. The molecule has 0 aliphatic heterocycles. The van der Waals surface area contributed by atoms with Crippen LogP contribution in [0.1, 0.15) is 70.3 Å². The summed E-state index contributed by atoms with van der Waals surface area (Å²) in [6.07, 6.45) is 0.980. The van der Waals surface area contributed by atoms with Crippen LogP contribution in [0.5, 0.6) is 5.75 Å². The minimum atomic E-state index is -0.185. The number of benzene rings is 2. The number of amides is 1. The van der Waals surface area contributed by atoms with Crippen molar-refractivity contribution in [2.45, 2.75) is 72.1 Å². The quantitative estimate of drug-likeness (QED) is 0.514. The van der Waals surface area contributed by atoms with E-state index >= 15 is 0 Å². The van der Waals surface area contributed by atoms with Crippen molar-refractivity contribution in [3.63, 3.8) is 0 Å². The van der Waals surface area contributed by atoms with Gasteiger partial charge in [-0.1, -0.05) is 71.9 Å². The van der Waals surface area contributed by atoms with E-state index in [1.54, 1.807) is 0 Å². The third-order valence-corrected chi connectivity index (χ3v) is 5.54. The predicted molar refractivity (Wildman–Crippen MR) is 129 cm³/mol. The lowest BCUT2D eigenvalue weighted by molar-refractivity contribution is -0.116. The molecule has 1 amide bonds. The number of para-hydroxylation sites is 1. The number of aromatic nitrogens is 1. The van der Waals surface area contributed by atoms with Gasteiger partial charge in [0.1, 0.15) is 5.75 Å². The topological polar surface area (TPSA) is 62.2 Å². The van der Waals surface area contributed by atoms with Gasteiger partial charge >= 0.3 is 0 Å². The van der Waals surface area contributed by atoms with Gasteiger partial charge in [0.25, 0.3) is 0 Å². The van der Waals surface area contributed by atoms with Crippen LogP contribution in [0, 0.1) is 6.92 Å². The maximum Gasteiger partial charge on any atom is 0.224 e. The number of fused-ring (bicyclic) bond motifs is 1. The third kappa shape index (κ3) is 5.25. The summed E-state index contributed by atoms with van der Waals surface area (Å²) >= 11 is 0. The van der Waals surface area contributed by atoms with E-state index in [-0.39, 0.29) is 16.7 Å². The van der Waals surface area contributed by atoms with Gasteiger partial charge < -0.3 is 10.4 Å². The molecule has 0 aliphatic rings. The Morgan fingerprint density at radius 3 is 2.13 bits per heavy atom. The zero-order valence-electron chi connectivity index (χ0n) is 19.8. The van der Waals surface area contributed by atoms with Gasteiger partial charge in [0.15, 0.2) is 0 Å². The molecule has 3 aromatic rings. The Bertz CT molecular complexity index is 1080. The van der Waals surface area contributed by atoms with Gasteiger partial charge in [0.2, 0.25) is 5.91 Å². The largest absolute Gasteiger partial charge is 0.507 e. The lowest BCUT2D eigenvalue weighted by Crippen LogP contribution is -2.18. The SMILES string of the molecule is Cc1cc(NC(=O)CCc2cc(C(C)(C)C)c(O)c(C(C)(C)C)c2)c2ccccc2n1. The van der Waals surface area contributed by atoms with Crippen LogP contribution in [0.4, 0.5) is 5.69 Å². The molecule has 0 fully saturated rings. The maximum atomic E-state index is 12.8. The van der Waals surface area contributed by atoms with Crippen molar-refractivity contribution in [1.82, 2.24) is 4.98 Å². The van der Waals surface area contributed by atoms with E-state index in [4.69, 9.17) is 0 Å². The van der Waals surface area contributed by atoms with Crippen molar-refractivity contribution in [3.05, 3.63) is 64.8 Å². The Morgan fingerprint density at radius 2 is 1.55 bits per heavy atom. The minimum Gasteiger partial charge on any atom is -0.507 e. The van der Waals surface area contributed by atoms with E-state index in [0.717, 1.165) is 39.0 Å². The van der Waals surface area contributed by atoms with Crippen molar-refractivity contribution >= 4 is 22.5 Å². The van der Waals surface area contributed by atoms with Crippen LogP contribution >= 0.6 is 0 Å². The predicted octanol–water partition coefficient (Wildman–Crippen LogP) is 6.42. The van der Waals surface area contributed by atoms with Crippen LogP contribution in [-0.4, -0.2) is 16.0 Å². The van der Waals surface area contributed by atoms with Crippen LogP contribution in [0.2, 0.25) is 0 Å². The highest BCUT2D eigenvalue weighted by Crippen LogP contribution is 2.40. The molecule has 0 saturated carbocycles. The van der Waals surface area contributed by atoms with E-state index in [1.807, 2.05) is 49.4 Å². The van der Waals surface area contributed by atoms with Crippen LogP contribution in [0.3, 0.4) is 0 Å². The zero-order valence-corrected chi connectivity index (χ0v) is 19.8. The first-order valence-electron chi connectivity index (χ1n) is 10.9. The first-order valence-corrected chi connectivity index (χ1v) is 10.9. The molecule has 0 saturated heterocycles. The van der Waals surface area contributed by atoms with Crippen LogP contribution < -0.4 is 5.32 Å². The van der Waals surface area contributed by atoms with Gasteiger partial charge in [-0.05, 0) is 53.0 Å². The fraction of sp³-hybridized carbons (Fsp3) is 0.407.